The van der Waals surface area contributed by atoms with E-state index in [-0.39, 0.29) is 5.82 Å². The largest absolute Gasteiger partial charge is 0.492 e. The Morgan fingerprint density at radius 2 is 1.94 bits per heavy atom. The number of oxime groups is 1. The summed E-state index contributed by atoms with van der Waals surface area (Å²) in [4.78, 5) is 17.5. The summed E-state index contributed by atoms with van der Waals surface area (Å²) < 4.78 is 31.5. The summed E-state index contributed by atoms with van der Waals surface area (Å²) in [6, 6.07) is 10.8. The third-order valence-electron chi connectivity index (χ3n) is 5.47. The number of ether oxygens (including phenoxy) is 3. The molecule has 1 saturated heterocycles. The molecule has 0 bridgehead atoms. The molecule has 0 saturated carbocycles. The van der Waals surface area contributed by atoms with Crippen molar-refractivity contribution in [2.75, 3.05) is 26.9 Å². The van der Waals surface area contributed by atoms with Gasteiger partial charge >= 0.3 is 5.97 Å². The molecule has 2 heterocycles. The van der Waals surface area contributed by atoms with E-state index in [2.05, 4.69) is 5.16 Å². The maximum Gasteiger partial charge on any atom is 0.331 e. The van der Waals surface area contributed by atoms with Crippen molar-refractivity contribution in [3.63, 3.8) is 0 Å². The molecule has 0 radical (unpaired) electrons. The number of halogens is 1. The molecule has 2 aromatic carbocycles. The minimum absolute atomic E-state index is 0.298. The first-order chi connectivity index (χ1) is 15.0. The Hall–Kier alpha value is -2.42. The normalized spacial score (nSPS) is 18.9. The van der Waals surface area contributed by atoms with E-state index in [4.69, 9.17) is 19.0 Å². The van der Waals surface area contributed by atoms with Crippen molar-refractivity contribution < 1.29 is 28.2 Å². The van der Waals surface area contributed by atoms with E-state index >= 15 is 0 Å². The lowest BCUT2D eigenvalue weighted by Crippen LogP contribution is -2.35. The Morgan fingerprint density at radius 1 is 1.13 bits per heavy atom. The number of benzene rings is 2. The highest BCUT2D eigenvalue weighted by molar-refractivity contribution is 7.99. The first-order valence-electron chi connectivity index (χ1n) is 10.1. The third kappa shape index (κ3) is 4.92. The molecule has 0 amide bonds. The van der Waals surface area contributed by atoms with Crippen molar-refractivity contribution in [2.45, 2.75) is 41.6 Å². The van der Waals surface area contributed by atoms with Crippen LogP contribution in [0.2, 0.25) is 0 Å². The minimum Gasteiger partial charge on any atom is -0.492 e. The molecule has 8 heteroatoms. The molecule has 0 N–H and O–H groups in total. The summed E-state index contributed by atoms with van der Waals surface area (Å²) >= 11 is 1.45. The molecule has 164 valence electrons. The number of fused-ring (bicyclic) bond motifs is 1. The SMILES string of the molecule is COC1(c2cc(F)cc(Sc3ccc4c(c3)OCCC4=NOC(C)=O)c2)CCOCC1. The number of rotatable bonds is 5. The summed E-state index contributed by atoms with van der Waals surface area (Å²) in [7, 11) is 1.67. The van der Waals surface area contributed by atoms with E-state index in [9.17, 15) is 9.18 Å². The predicted octanol–water partition coefficient (Wildman–Crippen LogP) is 4.68. The zero-order valence-corrected chi connectivity index (χ0v) is 18.3. The standard InChI is InChI=1S/C23H24FNO5S/c1-15(26)30-25-21-5-8-29-22-14-18(3-4-20(21)22)31-19-12-16(11-17(24)13-19)23(27-2)6-9-28-10-7-23/h3-4,11-14H,5-10H2,1-2H3. The third-order valence-corrected chi connectivity index (χ3v) is 6.43. The fraction of sp³-hybridized carbons (Fsp3) is 0.391. The van der Waals surface area contributed by atoms with Gasteiger partial charge in [-0.15, -0.1) is 0 Å². The van der Waals surface area contributed by atoms with E-state index in [0.29, 0.717) is 50.5 Å². The second-order valence-corrected chi connectivity index (χ2v) is 8.61. The highest BCUT2D eigenvalue weighted by Crippen LogP contribution is 2.40. The van der Waals surface area contributed by atoms with Crippen LogP contribution in [0.1, 0.15) is 37.3 Å². The molecule has 31 heavy (non-hydrogen) atoms. The lowest BCUT2D eigenvalue weighted by Gasteiger charge is -2.36. The fourth-order valence-electron chi connectivity index (χ4n) is 3.86. The van der Waals surface area contributed by atoms with Gasteiger partial charge in [0.05, 0.1) is 17.9 Å². The van der Waals surface area contributed by atoms with Crippen molar-refractivity contribution in [2.24, 2.45) is 5.16 Å². The van der Waals surface area contributed by atoms with Crippen molar-refractivity contribution in [1.82, 2.24) is 0 Å². The summed E-state index contributed by atoms with van der Waals surface area (Å²) in [6.07, 6.45) is 1.94. The highest BCUT2D eigenvalue weighted by atomic mass is 32.2. The van der Waals surface area contributed by atoms with Gasteiger partial charge in [-0.1, -0.05) is 16.9 Å². The Bertz CT molecular complexity index is 1000. The number of hydrogen-bond donors (Lipinski definition) is 0. The van der Waals surface area contributed by atoms with Gasteiger partial charge in [0.25, 0.3) is 0 Å². The van der Waals surface area contributed by atoms with Crippen LogP contribution in [0.5, 0.6) is 5.75 Å². The number of methoxy groups -OCH3 is 1. The Balaban J connectivity index is 1.59. The molecule has 0 atom stereocenters. The second-order valence-electron chi connectivity index (χ2n) is 7.47. The van der Waals surface area contributed by atoms with Crippen LogP contribution >= 0.6 is 11.8 Å². The number of carbonyl (C=O) groups excluding carboxylic acids is 1. The van der Waals surface area contributed by atoms with E-state index in [1.54, 1.807) is 13.2 Å². The molecule has 6 nitrogen and oxygen atoms in total. The summed E-state index contributed by atoms with van der Waals surface area (Å²) in [5, 5.41) is 3.94. The zero-order valence-electron chi connectivity index (χ0n) is 17.5. The van der Waals surface area contributed by atoms with Crippen molar-refractivity contribution in [3.05, 3.63) is 53.3 Å². The van der Waals surface area contributed by atoms with Crippen LogP contribution in [0.25, 0.3) is 0 Å². The smallest absolute Gasteiger partial charge is 0.331 e. The molecule has 2 aromatic rings. The van der Waals surface area contributed by atoms with Gasteiger partial charge < -0.3 is 19.0 Å². The molecule has 0 aromatic heterocycles. The molecule has 4 rings (SSSR count). The number of hydrogen-bond acceptors (Lipinski definition) is 7. The van der Waals surface area contributed by atoms with Crippen LogP contribution in [0.3, 0.4) is 0 Å². The van der Waals surface area contributed by atoms with E-state index in [1.165, 1.54) is 24.8 Å². The topological polar surface area (TPSA) is 66.3 Å². The Morgan fingerprint density at radius 3 is 2.68 bits per heavy atom. The average Bonchev–Trinajstić information content (AvgIpc) is 2.77. The second kappa shape index (κ2) is 9.38. The molecule has 2 aliphatic rings. The van der Waals surface area contributed by atoms with Crippen LogP contribution < -0.4 is 4.74 Å². The minimum atomic E-state index is -0.531. The van der Waals surface area contributed by atoms with E-state index in [0.717, 1.165) is 20.9 Å². The lowest BCUT2D eigenvalue weighted by molar-refractivity contribution is -0.140. The first-order valence-corrected chi connectivity index (χ1v) is 10.9. The Labute approximate surface area is 184 Å². The summed E-state index contributed by atoms with van der Waals surface area (Å²) in [6.45, 7) is 2.94. The van der Waals surface area contributed by atoms with Gasteiger partial charge in [0.2, 0.25) is 0 Å². The van der Waals surface area contributed by atoms with Crippen LogP contribution in [0.15, 0.2) is 51.3 Å². The maximum absolute atomic E-state index is 14.5. The molecule has 0 aliphatic carbocycles. The molecular formula is C23H24FNO5S. The van der Waals surface area contributed by atoms with Gasteiger partial charge in [0, 0.05) is 61.9 Å². The molecule has 0 spiro atoms. The van der Waals surface area contributed by atoms with Crippen LogP contribution in [0, 0.1) is 5.82 Å². The highest BCUT2D eigenvalue weighted by Gasteiger charge is 2.35. The van der Waals surface area contributed by atoms with Crippen molar-refractivity contribution >= 4 is 23.4 Å². The number of carbonyl (C=O) groups is 1. The monoisotopic (exact) mass is 445 g/mol. The van der Waals surface area contributed by atoms with Gasteiger partial charge in [-0.05, 0) is 42.0 Å². The van der Waals surface area contributed by atoms with Crippen LogP contribution in [-0.2, 0) is 24.7 Å². The van der Waals surface area contributed by atoms with Gasteiger partial charge in [-0.2, -0.15) is 0 Å². The van der Waals surface area contributed by atoms with Gasteiger partial charge in [-0.3, -0.25) is 0 Å². The molecule has 0 unspecified atom stereocenters. The van der Waals surface area contributed by atoms with Crippen molar-refractivity contribution in [1.29, 1.82) is 0 Å². The van der Waals surface area contributed by atoms with E-state index in [1.807, 2.05) is 24.3 Å². The van der Waals surface area contributed by atoms with Gasteiger partial charge in [0.15, 0.2) is 0 Å². The zero-order chi connectivity index (χ0) is 21.8. The van der Waals surface area contributed by atoms with Gasteiger partial charge in [0.1, 0.15) is 11.6 Å². The molecular weight excluding hydrogens is 421 g/mol. The summed E-state index contributed by atoms with van der Waals surface area (Å²) in [5.41, 5.74) is 1.75. The van der Waals surface area contributed by atoms with Crippen LogP contribution in [0.4, 0.5) is 4.39 Å². The number of nitrogens with zero attached hydrogens (tertiary/aromatic N) is 1. The fourth-order valence-corrected chi connectivity index (χ4v) is 4.79. The quantitative estimate of drug-likeness (QED) is 0.492. The average molecular weight is 446 g/mol. The first kappa shape index (κ1) is 21.8. The lowest BCUT2D eigenvalue weighted by atomic mass is 9.86. The van der Waals surface area contributed by atoms with Gasteiger partial charge in [-0.25, -0.2) is 9.18 Å². The summed E-state index contributed by atoms with van der Waals surface area (Å²) in [5.74, 6) is -0.0996. The Kier molecular flexibility index (Phi) is 6.60. The molecule has 1 fully saturated rings. The van der Waals surface area contributed by atoms with E-state index < -0.39 is 11.6 Å². The van der Waals surface area contributed by atoms with Crippen molar-refractivity contribution in [3.8, 4) is 5.75 Å². The molecule has 2 aliphatic heterocycles. The maximum atomic E-state index is 14.5. The van der Waals surface area contributed by atoms with Crippen LogP contribution in [-0.4, -0.2) is 38.6 Å². The predicted molar refractivity (Wildman–Crippen MR) is 114 cm³/mol.